The third kappa shape index (κ3) is 9.09. The molecule has 0 aliphatic carbocycles. The largest absolute Gasteiger partial charge is 0.478 e. The summed E-state index contributed by atoms with van der Waals surface area (Å²) in [7, 11) is 2.91. The number of rotatable bonds is 12. The number of nitrogens with zero attached hydrogens (tertiary/aromatic N) is 1. The van der Waals surface area contributed by atoms with Gasteiger partial charge in [0.25, 0.3) is 11.8 Å². The number of aromatic carboxylic acids is 1. The average molecular weight is 734 g/mol. The Hall–Kier alpha value is -7.13. The highest BCUT2D eigenvalue weighted by Crippen LogP contribution is 2.29. The number of pyridine rings is 1. The molecule has 1 heterocycles. The van der Waals surface area contributed by atoms with E-state index in [0.29, 0.717) is 52.1 Å². The first-order chi connectivity index (χ1) is 26.7. The van der Waals surface area contributed by atoms with Crippen LogP contribution in [0.1, 0.15) is 47.1 Å². The summed E-state index contributed by atoms with van der Waals surface area (Å²) in [4.78, 5) is 54.6. The van der Waals surface area contributed by atoms with Crippen LogP contribution in [0.15, 0.2) is 121 Å². The van der Waals surface area contributed by atoms with E-state index in [0.717, 1.165) is 22.3 Å². The smallest absolute Gasteiger partial charge is 0.337 e. The maximum Gasteiger partial charge on any atom is 0.337 e. The van der Waals surface area contributed by atoms with Crippen LogP contribution in [0.25, 0.3) is 33.0 Å². The molecule has 6 aromatic rings. The lowest BCUT2D eigenvalue weighted by Crippen LogP contribution is -2.14. The van der Waals surface area contributed by atoms with Gasteiger partial charge in [-0.1, -0.05) is 72.5 Å². The zero-order chi connectivity index (χ0) is 38.7. The fourth-order valence-electron chi connectivity index (χ4n) is 5.80. The Bertz CT molecular complexity index is 2430. The number of ether oxygens (including phenoxy) is 3. The van der Waals surface area contributed by atoms with Gasteiger partial charge in [0.15, 0.2) is 0 Å². The zero-order valence-corrected chi connectivity index (χ0v) is 29.9. The quantitative estimate of drug-likeness (QED) is 0.0657. The second kappa shape index (κ2) is 17.6. The monoisotopic (exact) mass is 733 g/mol. The van der Waals surface area contributed by atoms with Crippen LogP contribution in [-0.2, 0) is 14.2 Å². The van der Waals surface area contributed by atoms with Gasteiger partial charge in [0.1, 0.15) is 12.3 Å². The molecule has 0 saturated heterocycles. The number of aromatic nitrogens is 1. The van der Waals surface area contributed by atoms with E-state index in [2.05, 4.69) is 27.5 Å². The van der Waals surface area contributed by atoms with E-state index in [1.54, 1.807) is 98.2 Å². The molecule has 55 heavy (non-hydrogen) atoms. The highest BCUT2D eigenvalue weighted by molar-refractivity contribution is 6.14. The lowest BCUT2D eigenvalue weighted by Gasteiger charge is -2.11. The summed E-state index contributed by atoms with van der Waals surface area (Å²) in [6.07, 6.45) is 1.58. The first-order valence-electron chi connectivity index (χ1n) is 17.1. The molecule has 6 rings (SSSR count). The number of carbonyl (C=O) groups excluding carboxylic acids is 3. The topological polar surface area (TPSA) is 153 Å². The maximum atomic E-state index is 13.2. The van der Waals surface area contributed by atoms with E-state index in [1.165, 1.54) is 13.2 Å². The van der Waals surface area contributed by atoms with E-state index < -0.39 is 17.8 Å². The van der Waals surface area contributed by atoms with Crippen LogP contribution in [-0.4, -0.2) is 67.9 Å². The van der Waals surface area contributed by atoms with Gasteiger partial charge in [0.2, 0.25) is 0 Å². The molecule has 0 bridgehead atoms. The minimum atomic E-state index is -1.09. The van der Waals surface area contributed by atoms with Crippen molar-refractivity contribution in [3.05, 3.63) is 149 Å². The van der Waals surface area contributed by atoms with Gasteiger partial charge in [-0.25, -0.2) is 9.59 Å². The summed E-state index contributed by atoms with van der Waals surface area (Å²) >= 11 is 0. The standard InChI is InChI=1S/C44H35N3O8/c1-53-24-25-55-23-5-8-32-26-33(44(52)54-2)17-21-36(32)29-11-13-31(14-12-29)41(48)46-35-19-15-28(16-20-35)34-18-22-39(45-27-34)42(49)47-38-10-4-7-30-6-3-9-37(40(30)38)43(50)51/h3-4,6-7,9-22,26-27H,23-25H2,1-2H3,(H,46,48)(H,47,49)(H,50,51). The van der Waals surface area contributed by atoms with Crippen molar-refractivity contribution in [3.63, 3.8) is 0 Å². The highest BCUT2D eigenvalue weighted by Gasteiger charge is 2.16. The predicted octanol–water partition coefficient (Wildman–Crippen LogP) is 7.57. The van der Waals surface area contributed by atoms with Crippen molar-refractivity contribution in [2.45, 2.75) is 0 Å². The lowest BCUT2D eigenvalue weighted by molar-refractivity contribution is 0.0599. The molecular weight excluding hydrogens is 698 g/mol. The van der Waals surface area contributed by atoms with Crippen LogP contribution in [0.3, 0.4) is 0 Å². The number of fused-ring (bicyclic) bond motifs is 1. The third-order valence-corrected chi connectivity index (χ3v) is 8.58. The number of hydrogen-bond acceptors (Lipinski definition) is 8. The molecule has 2 amide bonds. The van der Waals surface area contributed by atoms with Gasteiger partial charge < -0.3 is 30.0 Å². The molecule has 5 aromatic carbocycles. The molecule has 1 aromatic heterocycles. The molecule has 0 aliphatic rings. The van der Waals surface area contributed by atoms with Gasteiger partial charge in [-0.3, -0.25) is 14.6 Å². The minimum absolute atomic E-state index is 0.0898. The first kappa shape index (κ1) is 37.6. The Morgan fingerprint density at radius 3 is 2.13 bits per heavy atom. The number of amides is 2. The van der Waals surface area contributed by atoms with Crippen molar-refractivity contribution in [2.24, 2.45) is 0 Å². The minimum Gasteiger partial charge on any atom is -0.478 e. The van der Waals surface area contributed by atoms with E-state index in [4.69, 9.17) is 14.2 Å². The van der Waals surface area contributed by atoms with Gasteiger partial charge in [0.05, 0.1) is 31.5 Å². The first-order valence-corrected chi connectivity index (χ1v) is 17.1. The Labute approximate surface area is 316 Å². The van der Waals surface area contributed by atoms with Crippen molar-refractivity contribution in [2.75, 3.05) is 44.7 Å². The predicted molar refractivity (Wildman–Crippen MR) is 209 cm³/mol. The normalized spacial score (nSPS) is 10.6. The van der Waals surface area contributed by atoms with Crippen LogP contribution >= 0.6 is 0 Å². The second-order valence-corrected chi connectivity index (χ2v) is 12.1. The van der Waals surface area contributed by atoms with Gasteiger partial charge in [-0.05, 0) is 76.7 Å². The number of methoxy groups -OCH3 is 2. The Balaban J connectivity index is 1.10. The fourth-order valence-corrected chi connectivity index (χ4v) is 5.80. The fraction of sp³-hybridized carbons (Fsp3) is 0.114. The number of esters is 1. The molecule has 11 heteroatoms. The Morgan fingerprint density at radius 1 is 0.727 bits per heavy atom. The highest BCUT2D eigenvalue weighted by atomic mass is 16.5. The molecule has 0 aliphatic heterocycles. The Kier molecular flexibility index (Phi) is 12.0. The molecule has 11 nitrogen and oxygen atoms in total. The van der Waals surface area contributed by atoms with E-state index in [9.17, 15) is 24.3 Å². The number of anilines is 2. The van der Waals surface area contributed by atoms with Gasteiger partial charge in [-0.15, -0.1) is 0 Å². The molecule has 274 valence electrons. The SMILES string of the molecule is COCCOCC#Cc1cc(C(=O)OC)ccc1-c1ccc(C(=O)Nc2ccc(-c3ccc(C(=O)Nc4cccc5cccc(C(=O)O)c45)nc3)cc2)cc1. The lowest BCUT2D eigenvalue weighted by atomic mass is 9.96. The summed E-state index contributed by atoms with van der Waals surface area (Å²) in [6, 6.07) is 32.9. The molecule has 0 fully saturated rings. The van der Waals surface area contributed by atoms with E-state index in [1.807, 2.05) is 24.3 Å². The molecule has 0 saturated carbocycles. The summed E-state index contributed by atoms with van der Waals surface area (Å²) < 4.78 is 15.3. The van der Waals surface area contributed by atoms with Gasteiger partial charge in [0, 0.05) is 46.8 Å². The van der Waals surface area contributed by atoms with E-state index >= 15 is 0 Å². The number of carboxylic acids is 1. The summed E-state index contributed by atoms with van der Waals surface area (Å²) in [5.74, 6) is 3.71. The molecular formula is C44H35N3O8. The molecule has 0 radical (unpaired) electrons. The molecule has 0 atom stereocenters. The molecule has 3 N–H and O–H groups in total. The van der Waals surface area contributed by atoms with Crippen LogP contribution in [0.4, 0.5) is 11.4 Å². The van der Waals surface area contributed by atoms with Crippen LogP contribution in [0.2, 0.25) is 0 Å². The summed E-state index contributed by atoms with van der Waals surface area (Å²) in [5.41, 5.74) is 5.79. The van der Waals surface area contributed by atoms with Crippen molar-refractivity contribution in [3.8, 4) is 34.1 Å². The number of carboxylic acid groups (broad SMARTS) is 1. The third-order valence-electron chi connectivity index (χ3n) is 8.58. The van der Waals surface area contributed by atoms with Gasteiger partial charge in [-0.2, -0.15) is 0 Å². The molecule has 0 spiro atoms. The van der Waals surface area contributed by atoms with Crippen LogP contribution in [0, 0.1) is 11.8 Å². The van der Waals surface area contributed by atoms with Gasteiger partial charge >= 0.3 is 11.9 Å². The summed E-state index contributed by atoms with van der Waals surface area (Å²) in [6.45, 7) is 1.07. The number of benzene rings is 5. The maximum absolute atomic E-state index is 13.2. The average Bonchev–Trinajstić information content (AvgIpc) is 3.22. The summed E-state index contributed by atoms with van der Waals surface area (Å²) in [5, 5.41) is 16.5. The molecule has 0 unspecified atom stereocenters. The van der Waals surface area contributed by atoms with E-state index in [-0.39, 0.29) is 23.8 Å². The number of nitrogens with one attached hydrogen (secondary N) is 2. The number of carbonyl (C=O) groups is 4. The van der Waals surface area contributed by atoms with Crippen molar-refractivity contribution in [1.82, 2.24) is 4.98 Å². The van der Waals surface area contributed by atoms with Crippen LogP contribution in [0.5, 0.6) is 0 Å². The van der Waals surface area contributed by atoms with Crippen LogP contribution < -0.4 is 10.6 Å². The van der Waals surface area contributed by atoms with Crippen molar-refractivity contribution < 1.29 is 38.5 Å². The van der Waals surface area contributed by atoms with Crippen molar-refractivity contribution >= 4 is 45.9 Å². The Morgan fingerprint density at radius 2 is 1.44 bits per heavy atom. The van der Waals surface area contributed by atoms with Crippen molar-refractivity contribution in [1.29, 1.82) is 0 Å². The second-order valence-electron chi connectivity index (χ2n) is 12.1. The zero-order valence-electron chi connectivity index (χ0n) is 29.9. The number of hydrogen-bond donors (Lipinski definition) is 3.